The van der Waals surface area contributed by atoms with E-state index >= 15 is 0 Å². The number of hydrogen-bond acceptors (Lipinski definition) is 5. The van der Waals surface area contributed by atoms with Crippen LogP contribution in [-0.2, 0) is 0 Å². The monoisotopic (exact) mass is 384 g/mol. The third-order valence-electron chi connectivity index (χ3n) is 4.00. The number of aromatic nitrogens is 1. The Morgan fingerprint density at radius 1 is 1.19 bits per heavy atom. The fraction of sp³-hybridized carbons (Fsp3) is 0.200. The van der Waals surface area contributed by atoms with Crippen molar-refractivity contribution in [2.75, 3.05) is 6.61 Å². The van der Waals surface area contributed by atoms with Crippen LogP contribution in [0, 0.1) is 3.95 Å². The summed E-state index contributed by atoms with van der Waals surface area (Å²) >= 11 is 6.81. The number of ether oxygens (including phenoxy) is 1. The summed E-state index contributed by atoms with van der Waals surface area (Å²) in [6.07, 6.45) is 1.64. The molecule has 1 atom stereocenters. The second kappa shape index (κ2) is 8.29. The van der Waals surface area contributed by atoms with E-state index in [2.05, 4.69) is 4.99 Å². The Morgan fingerprint density at radius 2 is 1.88 bits per heavy atom. The zero-order valence-corrected chi connectivity index (χ0v) is 16.3. The van der Waals surface area contributed by atoms with Crippen molar-refractivity contribution in [3.05, 3.63) is 69.0 Å². The average molecular weight is 385 g/mol. The highest BCUT2D eigenvalue weighted by atomic mass is 32.1. The molecule has 1 N–H and O–H groups in total. The Bertz CT molecular complexity index is 961. The molecule has 134 valence electrons. The highest BCUT2D eigenvalue weighted by Crippen LogP contribution is 2.32. The summed E-state index contributed by atoms with van der Waals surface area (Å²) in [7, 11) is 0. The van der Waals surface area contributed by atoms with Crippen molar-refractivity contribution in [3.8, 4) is 11.6 Å². The van der Waals surface area contributed by atoms with Crippen molar-refractivity contribution >= 4 is 35.5 Å². The van der Waals surface area contributed by atoms with Crippen molar-refractivity contribution in [1.82, 2.24) is 4.57 Å². The number of para-hydroxylation sites is 2. The van der Waals surface area contributed by atoms with Gasteiger partial charge in [0, 0.05) is 0 Å². The van der Waals surface area contributed by atoms with Gasteiger partial charge in [0.25, 0.3) is 0 Å². The molecule has 0 saturated carbocycles. The minimum Gasteiger partial charge on any atom is -0.493 e. The summed E-state index contributed by atoms with van der Waals surface area (Å²) < 4.78 is 7.95. The average Bonchev–Trinajstić information content (AvgIpc) is 2.95. The fourth-order valence-corrected chi connectivity index (χ4v) is 4.01. The Labute approximate surface area is 162 Å². The van der Waals surface area contributed by atoms with Gasteiger partial charge in [0.1, 0.15) is 16.3 Å². The zero-order valence-electron chi connectivity index (χ0n) is 14.6. The van der Waals surface area contributed by atoms with Gasteiger partial charge in [-0.15, -0.1) is 0 Å². The molecule has 0 fully saturated rings. The molecule has 0 amide bonds. The van der Waals surface area contributed by atoms with Gasteiger partial charge in [-0.2, -0.15) is 0 Å². The van der Waals surface area contributed by atoms with Gasteiger partial charge in [-0.3, -0.25) is 9.56 Å². The number of thiazole rings is 1. The van der Waals surface area contributed by atoms with Crippen LogP contribution in [0.2, 0.25) is 0 Å². The number of nitrogens with zero attached hydrogens (tertiary/aromatic N) is 2. The minimum absolute atomic E-state index is 0.0576. The molecule has 3 aromatic rings. The number of aromatic hydroxyl groups is 1. The number of aliphatic imine (C=N–C) groups is 1. The van der Waals surface area contributed by atoms with Gasteiger partial charge in [0.05, 0.1) is 18.9 Å². The van der Waals surface area contributed by atoms with Crippen LogP contribution in [0.4, 0.5) is 5.69 Å². The molecular formula is C20H20N2O2S2. The lowest BCUT2D eigenvalue weighted by Gasteiger charge is -2.14. The Morgan fingerprint density at radius 3 is 2.62 bits per heavy atom. The predicted molar refractivity (Wildman–Crippen MR) is 110 cm³/mol. The van der Waals surface area contributed by atoms with E-state index in [-0.39, 0.29) is 11.9 Å². The Balaban J connectivity index is 1.93. The first kappa shape index (κ1) is 18.4. The van der Waals surface area contributed by atoms with Gasteiger partial charge in [0.2, 0.25) is 5.88 Å². The first-order chi connectivity index (χ1) is 12.6. The number of rotatable bonds is 6. The Kier molecular flexibility index (Phi) is 5.85. The summed E-state index contributed by atoms with van der Waals surface area (Å²) in [6.45, 7) is 4.52. The quantitative estimate of drug-likeness (QED) is 0.435. The van der Waals surface area contributed by atoms with Gasteiger partial charge < -0.3 is 9.84 Å². The molecular weight excluding hydrogens is 364 g/mol. The minimum atomic E-state index is -0.0576. The molecule has 3 rings (SSSR count). The van der Waals surface area contributed by atoms with Crippen LogP contribution in [0.5, 0.6) is 11.6 Å². The van der Waals surface area contributed by atoms with E-state index in [1.54, 1.807) is 10.8 Å². The predicted octanol–water partition coefficient (Wildman–Crippen LogP) is 5.74. The maximum absolute atomic E-state index is 10.7. The molecule has 0 aliphatic heterocycles. The molecule has 0 unspecified atom stereocenters. The van der Waals surface area contributed by atoms with Crippen molar-refractivity contribution in [1.29, 1.82) is 0 Å². The molecule has 2 aromatic carbocycles. The van der Waals surface area contributed by atoms with Crippen LogP contribution in [0.15, 0.2) is 59.6 Å². The van der Waals surface area contributed by atoms with Crippen molar-refractivity contribution in [3.63, 3.8) is 0 Å². The maximum Gasteiger partial charge on any atom is 0.212 e. The van der Waals surface area contributed by atoms with Gasteiger partial charge in [0.15, 0.2) is 3.95 Å². The van der Waals surface area contributed by atoms with Gasteiger partial charge in [-0.25, -0.2) is 0 Å². The number of hydrogen-bond donors (Lipinski definition) is 1. The van der Waals surface area contributed by atoms with E-state index in [0.29, 0.717) is 21.2 Å². The lowest BCUT2D eigenvalue weighted by molar-refractivity contribution is 0.341. The van der Waals surface area contributed by atoms with Gasteiger partial charge >= 0.3 is 0 Å². The number of benzene rings is 2. The van der Waals surface area contributed by atoms with Crippen LogP contribution in [0.3, 0.4) is 0 Å². The second-order valence-corrected chi connectivity index (χ2v) is 7.35. The molecule has 0 saturated heterocycles. The van der Waals surface area contributed by atoms with Crippen LogP contribution in [0.1, 0.15) is 30.3 Å². The maximum atomic E-state index is 10.7. The summed E-state index contributed by atoms with van der Waals surface area (Å²) in [4.78, 5) is 5.11. The topological polar surface area (TPSA) is 46.8 Å². The van der Waals surface area contributed by atoms with Crippen LogP contribution in [-0.4, -0.2) is 22.5 Å². The smallest absolute Gasteiger partial charge is 0.212 e. The van der Waals surface area contributed by atoms with Crippen molar-refractivity contribution in [2.45, 2.75) is 19.9 Å². The van der Waals surface area contributed by atoms with Crippen LogP contribution >= 0.6 is 23.6 Å². The second-order valence-electron chi connectivity index (χ2n) is 5.67. The molecule has 0 aliphatic rings. The summed E-state index contributed by atoms with van der Waals surface area (Å²) in [5, 5.41) is 10.7. The molecule has 6 heteroatoms. The molecule has 4 nitrogen and oxygen atoms in total. The fourth-order valence-electron chi connectivity index (χ4n) is 2.67. The molecule has 0 bridgehead atoms. The third-order valence-corrected chi connectivity index (χ3v) is 5.32. The lowest BCUT2D eigenvalue weighted by Crippen LogP contribution is -2.06. The standard InChI is InChI=1S/C20H20N2O2S2/c1-3-24-17-12-8-7-11-16(17)21-13-18-19(23)22(20(25)26-18)14(2)15-9-5-4-6-10-15/h4-14,23H,3H2,1-2H3/t14-/m0/s1. The normalized spacial score (nSPS) is 12.4. The molecule has 26 heavy (non-hydrogen) atoms. The van der Waals surface area contributed by atoms with E-state index in [0.717, 1.165) is 11.3 Å². The third kappa shape index (κ3) is 3.86. The Hall–Kier alpha value is -2.44. The largest absolute Gasteiger partial charge is 0.493 e. The van der Waals surface area contributed by atoms with E-state index in [9.17, 15) is 5.11 Å². The van der Waals surface area contributed by atoms with Crippen molar-refractivity contribution < 1.29 is 9.84 Å². The highest BCUT2D eigenvalue weighted by Gasteiger charge is 2.17. The molecule has 1 aromatic heterocycles. The van der Waals surface area contributed by atoms with Crippen LogP contribution in [0.25, 0.3) is 0 Å². The molecule has 1 heterocycles. The first-order valence-electron chi connectivity index (χ1n) is 8.37. The van der Waals surface area contributed by atoms with E-state index in [4.69, 9.17) is 17.0 Å². The van der Waals surface area contributed by atoms with Gasteiger partial charge in [-0.05, 0) is 43.8 Å². The summed E-state index contributed by atoms with van der Waals surface area (Å²) in [5.41, 5.74) is 1.80. The molecule has 0 radical (unpaired) electrons. The zero-order chi connectivity index (χ0) is 18.5. The van der Waals surface area contributed by atoms with Crippen LogP contribution < -0.4 is 4.74 Å². The van der Waals surface area contributed by atoms with E-state index in [1.165, 1.54) is 11.3 Å². The first-order valence-corrected chi connectivity index (χ1v) is 9.59. The summed E-state index contributed by atoms with van der Waals surface area (Å²) in [6, 6.07) is 17.5. The van der Waals surface area contributed by atoms with E-state index in [1.807, 2.05) is 68.4 Å². The van der Waals surface area contributed by atoms with E-state index < -0.39 is 0 Å². The summed E-state index contributed by atoms with van der Waals surface area (Å²) in [5.74, 6) is 0.848. The van der Waals surface area contributed by atoms with Crippen molar-refractivity contribution in [2.24, 2.45) is 4.99 Å². The SMILES string of the molecule is CCOc1ccccc1N=Cc1sc(=S)n([C@@H](C)c2ccccc2)c1O. The molecule has 0 aliphatic carbocycles. The van der Waals surface area contributed by atoms with Gasteiger partial charge in [-0.1, -0.05) is 53.8 Å². The highest BCUT2D eigenvalue weighted by molar-refractivity contribution is 7.73. The lowest BCUT2D eigenvalue weighted by atomic mass is 10.1. The molecule has 0 spiro atoms.